The van der Waals surface area contributed by atoms with Crippen molar-refractivity contribution in [1.29, 1.82) is 0 Å². The lowest BCUT2D eigenvalue weighted by Gasteiger charge is -2.07. The summed E-state index contributed by atoms with van der Waals surface area (Å²) in [6.07, 6.45) is -1.04. The number of aliphatic carboxylic acids is 1. The number of halogens is 2. The number of hydrogen-bond donors (Lipinski definition) is 1. The molecule has 1 heterocycles. The Kier molecular flexibility index (Phi) is 2.68. The summed E-state index contributed by atoms with van der Waals surface area (Å²) in [5.74, 6) is -6.27. The molecule has 0 bridgehead atoms. The van der Waals surface area contributed by atoms with Crippen LogP contribution in [0.5, 0.6) is 5.88 Å². The number of hydrogen-bond acceptors (Lipinski definition) is 4. The van der Waals surface area contributed by atoms with Crippen LogP contribution in [0.25, 0.3) is 0 Å². The summed E-state index contributed by atoms with van der Waals surface area (Å²) in [6.45, 7) is 0. The second-order valence-electron chi connectivity index (χ2n) is 2.52. The van der Waals surface area contributed by atoms with Crippen LogP contribution in [0.4, 0.5) is 8.78 Å². The molecule has 0 aliphatic carbocycles. The largest absolute Gasteiger partial charge is 0.479 e. The maximum Gasteiger partial charge on any atom is 0.375 e. The van der Waals surface area contributed by atoms with E-state index in [1.165, 1.54) is 7.11 Å². The van der Waals surface area contributed by atoms with E-state index in [-0.39, 0.29) is 11.6 Å². The fourth-order valence-corrected chi connectivity index (χ4v) is 0.768. The van der Waals surface area contributed by atoms with Crippen LogP contribution in [0.1, 0.15) is 5.76 Å². The van der Waals surface area contributed by atoms with E-state index >= 15 is 0 Å². The topological polar surface area (TPSA) is 72.6 Å². The highest BCUT2D eigenvalue weighted by Gasteiger charge is 2.40. The summed E-state index contributed by atoms with van der Waals surface area (Å²) in [6, 6.07) is 1.11. The van der Waals surface area contributed by atoms with Crippen molar-refractivity contribution in [2.45, 2.75) is 12.3 Å². The standard InChI is InChI=1S/C7H7F2NO4/c1-13-5-2-4(14-10-5)3-7(8,9)6(11)12/h2H,3H2,1H3,(H,11,12). The molecule has 7 heteroatoms. The highest BCUT2D eigenvalue weighted by atomic mass is 19.3. The Morgan fingerprint density at radius 3 is 2.86 bits per heavy atom. The van der Waals surface area contributed by atoms with Crippen molar-refractivity contribution in [3.05, 3.63) is 11.8 Å². The van der Waals surface area contributed by atoms with Crippen LogP contribution >= 0.6 is 0 Å². The van der Waals surface area contributed by atoms with Crippen molar-refractivity contribution >= 4 is 5.97 Å². The van der Waals surface area contributed by atoms with Crippen LogP contribution in [0.3, 0.4) is 0 Å². The van der Waals surface area contributed by atoms with Crippen molar-refractivity contribution in [2.24, 2.45) is 0 Å². The number of methoxy groups -OCH3 is 1. The number of rotatable bonds is 4. The molecule has 0 spiro atoms. The first-order chi connectivity index (χ1) is 6.45. The molecule has 0 radical (unpaired) electrons. The van der Waals surface area contributed by atoms with Gasteiger partial charge in [-0.05, 0) is 5.16 Å². The molecule has 0 saturated carbocycles. The summed E-state index contributed by atoms with van der Waals surface area (Å²) in [5.41, 5.74) is 0. The molecule has 1 N–H and O–H groups in total. The van der Waals surface area contributed by atoms with Crippen molar-refractivity contribution in [3.63, 3.8) is 0 Å². The Labute approximate surface area is 77.3 Å². The molecule has 0 aliphatic rings. The van der Waals surface area contributed by atoms with E-state index in [1.807, 2.05) is 0 Å². The average molecular weight is 207 g/mol. The lowest BCUT2D eigenvalue weighted by atomic mass is 10.2. The first-order valence-corrected chi connectivity index (χ1v) is 3.56. The molecule has 1 aromatic heterocycles. The minimum atomic E-state index is -3.86. The Morgan fingerprint density at radius 2 is 2.43 bits per heavy atom. The van der Waals surface area contributed by atoms with E-state index in [4.69, 9.17) is 5.11 Å². The van der Waals surface area contributed by atoms with Gasteiger partial charge in [0.15, 0.2) is 0 Å². The van der Waals surface area contributed by atoms with Gasteiger partial charge in [-0.1, -0.05) is 0 Å². The number of alkyl halides is 2. The van der Waals surface area contributed by atoms with E-state index in [2.05, 4.69) is 14.4 Å². The second kappa shape index (κ2) is 3.60. The summed E-state index contributed by atoms with van der Waals surface area (Å²) < 4.78 is 34.2. The zero-order valence-electron chi connectivity index (χ0n) is 7.16. The molecule has 0 amide bonds. The molecule has 0 aromatic carbocycles. The van der Waals surface area contributed by atoms with Gasteiger partial charge in [-0.3, -0.25) is 0 Å². The Balaban J connectivity index is 2.73. The Hall–Kier alpha value is -1.66. The van der Waals surface area contributed by atoms with Crippen molar-refractivity contribution in [3.8, 4) is 5.88 Å². The molecule has 0 atom stereocenters. The molecule has 14 heavy (non-hydrogen) atoms. The quantitative estimate of drug-likeness (QED) is 0.795. The fourth-order valence-electron chi connectivity index (χ4n) is 0.768. The van der Waals surface area contributed by atoms with Gasteiger partial charge in [0.1, 0.15) is 5.76 Å². The van der Waals surface area contributed by atoms with E-state index in [0.29, 0.717) is 0 Å². The van der Waals surface area contributed by atoms with Gasteiger partial charge in [-0.15, -0.1) is 0 Å². The van der Waals surface area contributed by atoms with Gasteiger partial charge in [0.25, 0.3) is 5.88 Å². The first-order valence-electron chi connectivity index (χ1n) is 3.56. The molecule has 0 aliphatic heterocycles. The van der Waals surface area contributed by atoms with Crippen LogP contribution in [0.2, 0.25) is 0 Å². The summed E-state index contributed by atoms with van der Waals surface area (Å²) in [5, 5.41) is 11.4. The summed E-state index contributed by atoms with van der Waals surface area (Å²) in [4.78, 5) is 10.1. The van der Waals surface area contributed by atoms with Crippen molar-refractivity contribution in [2.75, 3.05) is 7.11 Å². The monoisotopic (exact) mass is 207 g/mol. The number of carbonyl (C=O) groups is 1. The molecule has 78 valence electrons. The zero-order chi connectivity index (χ0) is 10.8. The van der Waals surface area contributed by atoms with E-state index in [0.717, 1.165) is 6.07 Å². The smallest absolute Gasteiger partial charge is 0.375 e. The van der Waals surface area contributed by atoms with Gasteiger partial charge in [-0.25, -0.2) is 4.79 Å². The van der Waals surface area contributed by atoms with Gasteiger partial charge >= 0.3 is 11.9 Å². The van der Waals surface area contributed by atoms with Crippen molar-refractivity contribution in [1.82, 2.24) is 5.16 Å². The molecule has 0 fully saturated rings. The molecule has 0 unspecified atom stereocenters. The highest BCUT2D eigenvalue weighted by Crippen LogP contribution is 2.22. The van der Waals surface area contributed by atoms with Gasteiger partial charge in [0.2, 0.25) is 0 Å². The summed E-state index contributed by atoms with van der Waals surface area (Å²) in [7, 11) is 1.29. The van der Waals surface area contributed by atoms with Crippen LogP contribution in [-0.2, 0) is 11.2 Å². The lowest BCUT2D eigenvalue weighted by Crippen LogP contribution is -2.30. The van der Waals surface area contributed by atoms with Gasteiger partial charge < -0.3 is 14.4 Å². The number of carboxylic acid groups (broad SMARTS) is 1. The normalized spacial score (nSPS) is 11.4. The van der Waals surface area contributed by atoms with E-state index in [9.17, 15) is 13.6 Å². The third-order valence-corrected chi connectivity index (χ3v) is 1.46. The minimum Gasteiger partial charge on any atom is -0.479 e. The van der Waals surface area contributed by atoms with E-state index in [1.54, 1.807) is 0 Å². The highest BCUT2D eigenvalue weighted by molar-refractivity contribution is 5.75. The third-order valence-electron chi connectivity index (χ3n) is 1.46. The predicted molar refractivity (Wildman–Crippen MR) is 39.3 cm³/mol. The number of aromatic nitrogens is 1. The zero-order valence-corrected chi connectivity index (χ0v) is 7.16. The van der Waals surface area contributed by atoms with Crippen LogP contribution in [0, 0.1) is 0 Å². The Bertz CT molecular complexity index is 336. The van der Waals surface area contributed by atoms with E-state index < -0.39 is 18.3 Å². The Morgan fingerprint density at radius 1 is 1.79 bits per heavy atom. The fraction of sp³-hybridized carbons (Fsp3) is 0.429. The SMILES string of the molecule is COc1cc(CC(F)(F)C(=O)O)on1. The average Bonchev–Trinajstić information content (AvgIpc) is 2.51. The molecule has 5 nitrogen and oxygen atoms in total. The third kappa shape index (κ3) is 2.18. The molecule has 1 aromatic rings. The van der Waals surface area contributed by atoms with Crippen molar-refractivity contribution < 1.29 is 27.9 Å². The maximum atomic E-state index is 12.6. The number of ether oxygens (including phenoxy) is 1. The molecular weight excluding hydrogens is 200 g/mol. The van der Waals surface area contributed by atoms with Crippen LogP contribution in [-0.4, -0.2) is 29.3 Å². The number of nitrogens with zero attached hydrogens (tertiary/aromatic N) is 1. The summed E-state index contributed by atoms with van der Waals surface area (Å²) >= 11 is 0. The molecule has 0 saturated heterocycles. The predicted octanol–water partition coefficient (Wildman–Crippen LogP) is 0.946. The van der Waals surface area contributed by atoms with Gasteiger partial charge in [0.05, 0.1) is 13.5 Å². The second-order valence-corrected chi connectivity index (χ2v) is 2.52. The number of carboxylic acids is 1. The van der Waals surface area contributed by atoms with Gasteiger partial charge in [0, 0.05) is 6.07 Å². The lowest BCUT2D eigenvalue weighted by molar-refractivity contribution is -0.165. The van der Waals surface area contributed by atoms with Crippen LogP contribution in [0.15, 0.2) is 10.6 Å². The van der Waals surface area contributed by atoms with Crippen LogP contribution < -0.4 is 4.74 Å². The maximum absolute atomic E-state index is 12.6. The van der Waals surface area contributed by atoms with Gasteiger partial charge in [-0.2, -0.15) is 8.78 Å². The first kappa shape index (κ1) is 10.4. The minimum absolute atomic E-state index is 0.0289. The molecule has 1 rings (SSSR count). The molecular formula is C7H7F2NO4.